The Bertz CT molecular complexity index is 268. The molecule has 24 heavy (non-hydrogen) atoms. The summed E-state index contributed by atoms with van der Waals surface area (Å²) in [5.74, 6) is -0.521. The van der Waals surface area contributed by atoms with Crippen LogP contribution in [0.15, 0.2) is 12.2 Å². The van der Waals surface area contributed by atoms with Crippen LogP contribution in [0.2, 0.25) is 9.88 Å². The first-order chi connectivity index (χ1) is 11.7. The standard InChI is InChI=1S/C18H34O3.2CH3.Sn/c1-2-3-4-5-6-7-8-9-10-11-12-13-14-15-16-17-18(19)21-20;;;/h9-10,20H,2-8,11-17H2,1H3;2*1H3;. The van der Waals surface area contributed by atoms with Gasteiger partial charge < -0.3 is 4.89 Å². The van der Waals surface area contributed by atoms with Gasteiger partial charge in [0.05, 0.1) is 0 Å². The third-order valence-electron chi connectivity index (χ3n) is 3.74. The first-order valence-electron chi connectivity index (χ1n) is 9.80. The maximum atomic E-state index is 10.7. The number of unbranched alkanes of at least 4 members (excludes halogenated alkanes) is 11. The summed E-state index contributed by atoms with van der Waals surface area (Å²) >= 11 is 0.230. The molecule has 0 atom stereocenters. The normalized spacial score (nSPS) is 10.5. The van der Waals surface area contributed by atoms with Crippen LogP contribution in [0.1, 0.15) is 96.8 Å². The van der Waals surface area contributed by atoms with Crippen molar-refractivity contribution >= 4 is 27.1 Å². The Morgan fingerprint density at radius 3 is 1.71 bits per heavy atom. The molecule has 0 aliphatic heterocycles. The summed E-state index contributed by atoms with van der Waals surface area (Å²) in [6.07, 6.45) is 21.1. The summed E-state index contributed by atoms with van der Waals surface area (Å²) in [5.41, 5.74) is 0. The van der Waals surface area contributed by atoms with Crippen molar-refractivity contribution in [3.05, 3.63) is 12.2 Å². The Morgan fingerprint density at radius 1 is 0.833 bits per heavy atom. The second-order valence-electron chi connectivity index (χ2n) is 6.30. The second-order valence-corrected chi connectivity index (χ2v) is 9.15. The Morgan fingerprint density at radius 2 is 1.25 bits per heavy atom. The van der Waals surface area contributed by atoms with E-state index in [1.807, 2.05) is 0 Å². The first-order valence-corrected chi connectivity index (χ1v) is 15.5. The molecule has 0 heterocycles. The van der Waals surface area contributed by atoms with Crippen molar-refractivity contribution in [2.24, 2.45) is 0 Å². The van der Waals surface area contributed by atoms with Gasteiger partial charge in [0, 0.05) is 6.42 Å². The van der Waals surface area contributed by atoms with Crippen LogP contribution in [-0.4, -0.2) is 32.4 Å². The van der Waals surface area contributed by atoms with Gasteiger partial charge >= 0.3 is 37.0 Å². The van der Waals surface area contributed by atoms with E-state index in [0.29, 0.717) is 6.42 Å². The molecule has 142 valence electrons. The van der Waals surface area contributed by atoms with Gasteiger partial charge in [-0.25, -0.2) is 4.79 Å². The molecule has 0 aromatic rings. The van der Waals surface area contributed by atoms with E-state index in [-0.39, 0.29) is 21.1 Å². The van der Waals surface area contributed by atoms with Gasteiger partial charge in [0.25, 0.3) is 0 Å². The van der Waals surface area contributed by atoms with E-state index in [0.717, 1.165) is 19.3 Å². The summed E-state index contributed by atoms with van der Waals surface area (Å²) in [4.78, 5) is 18.9. The van der Waals surface area contributed by atoms with Crippen molar-refractivity contribution in [1.29, 1.82) is 0 Å². The minimum absolute atomic E-state index is 0.230. The quantitative estimate of drug-likeness (QED) is 0.0985. The molecule has 0 aromatic heterocycles. The van der Waals surface area contributed by atoms with Crippen molar-refractivity contribution in [2.45, 2.75) is 107 Å². The molecular formula is C20H40O3Sn. The average molecular weight is 447 g/mol. The molecule has 0 aliphatic carbocycles. The molecule has 0 aromatic carbocycles. The molecule has 0 unspecified atom stereocenters. The molecule has 0 rings (SSSR count). The van der Waals surface area contributed by atoms with Gasteiger partial charge in [-0.3, -0.25) is 0 Å². The molecule has 0 bridgehead atoms. The van der Waals surface area contributed by atoms with Crippen molar-refractivity contribution in [1.82, 2.24) is 0 Å². The molecule has 0 aliphatic rings. The van der Waals surface area contributed by atoms with Gasteiger partial charge in [0.2, 0.25) is 0 Å². The Labute approximate surface area is 160 Å². The molecule has 1 N–H and O–H groups in total. The van der Waals surface area contributed by atoms with E-state index in [1.54, 1.807) is 0 Å². The molecule has 0 fully saturated rings. The van der Waals surface area contributed by atoms with Gasteiger partial charge in [-0.1, -0.05) is 70.4 Å². The number of rotatable bonds is 15. The fraction of sp³-hybridized carbons (Fsp3) is 0.850. The summed E-state index contributed by atoms with van der Waals surface area (Å²) in [6.45, 7) is 2.26. The summed E-state index contributed by atoms with van der Waals surface area (Å²) in [5, 5.41) is 8.09. The summed E-state index contributed by atoms with van der Waals surface area (Å²) in [6, 6.07) is 0. The van der Waals surface area contributed by atoms with Crippen molar-refractivity contribution in [3.8, 4) is 0 Å². The zero-order chi connectivity index (χ0) is 18.3. The molecule has 0 saturated heterocycles. The van der Waals surface area contributed by atoms with Gasteiger partial charge in [0.15, 0.2) is 0 Å². The molecule has 2 radical (unpaired) electrons. The third kappa shape index (κ3) is 26.8. The SMILES string of the molecule is CCCCCCCCC=CCCCCCCCC(=O)OO.[CH3][Sn][CH3]. The van der Waals surface area contributed by atoms with E-state index < -0.39 is 5.97 Å². The Hall–Kier alpha value is -0.0313. The van der Waals surface area contributed by atoms with Crippen LogP contribution in [0.5, 0.6) is 0 Å². The van der Waals surface area contributed by atoms with E-state index in [2.05, 4.69) is 33.8 Å². The first kappa shape index (κ1) is 26.2. The predicted octanol–water partition coefficient (Wildman–Crippen LogP) is 6.83. The number of hydrogen-bond donors (Lipinski definition) is 1. The van der Waals surface area contributed by atoms with E-state index in [4.69, 9.17) is 5.26 Å². The Kier molecular flexibility index (Phi) is 27.5. The third-order valence-corrected chi connectivity index (χ3v) is 3.74. The molecule has 0 spiro atoms. The van der Waals surface area contributed by atoms with Crippen LogP contribution < -0.4 is 0 Å². The zero-order valence-electron chi connectivity index (χ0n) is 16.3. The van der Waals surface area contributed by atoms with Gasteiger partial charge in [-0.2, -0.15) is 5.26 Å². The van der Waals surface area contributed by atoms with Gasteiger partial charge in [-0.05, 0) is 32.1 Å². The maximum absolute atomic E-state index is 10.7. The fourth-order valence-corrected chi connectivity index (χ4v) is 2.39. The van der Waals surface area contributed by atoms with Crippen molar-refractivity contribution in [3.63, 3.8) is 0 Å². The summed E-state index contributed by atoms with van der Waals surface area (Å²) in [7, 11) is 0. The number of allylic oxidation sites excluding steroid dienone is 2. The zero-order valence-corrected chi connectivity index (χ0v) is 19.2. The molecule has 3 nitrogen and oxygen atoms in total. The molecule has 0 saturated carbocycles. The summed E-state index contributed by atoms with van der Waals surface area (Å²) < 4.78 is 0. The molecule has 4 heteroatoms. The van der Waals surface area contributed by atoms with Crippen LogP contribution in [0.4, 0.5) is 0 Å². The van der Waals surface area contributed by atoms with Gasteiger partial charge in [0.1, 0.15) is 0 Å². The Balaban J connectivity index is 0. The monoisotopic (exact) mass is 448 g/mol. The van der Waals surface area contributed by atoms with Crippen LogP contribution in [0.25, 0.3) is 0 Å². The minimum atomic E-state index is -0.521. The van der Waals surface area contributed by atoms with Crippen LogP contribution in [0, 0.1) is 0 Å². The van der Waals surface area contributed by atoms with Crippen LogP contribution >= 0.6 is 0 Å². The molecular weight excluding hydrogens is 407 g/mol. The van der Waals surface area contributed by atoms with Gasteiger partial charge in [-0.15, -0.1) is 0 Å². The number of carbonyl (C=O) groups excluding carboxylic acids is 1. The fourth-order valence-electron chi connectivity index (χ4n) is 2.39. The van der Waals surface area contributed by atoms with Crippen molar-refractivity contribution < 1.29 is 14.9 Å². The second kappa shape index (κ2) is 25.2. The topological polar surface area (TPSA) is 46.5 Å². The van der Waals surface area contributed by atoms with Crippen molar-refractivity contribution in [2.75, 3.05) is 0 Å². The average Bonchev–Trinajstić information content (AvgIpc) is 2.58. The molecule has 0 amide bonds. The number of hydrogen-bond acceptors (Lipinski definition) is 3. The van der Waals surface area contributed by atoms with E-state index >= 15 is 0 Å². The van der Waals surface area contributed by atoms with E-state index in [9.17, 15) is 4.79 Å². The van der Waals surface area contributed by atoms with E-state index in [1.165, 1.54) is 64.2 Å². The predicted molar refractivity (Wildman–Crippen MR) is 106 cm³/mol. The van der Waals surface area contributed by atoms with Crippen LogP contribution in [-0.2, 0) is 9.68 Å². The number of carbonyl (C=O) groups is 1. The van der Waals surface area contributed by atoms with Crippen LogP contribution in [0.3, 0.4) is 0 Å².